The third kappa shape index (κ3) is 2.82. The van der Waals surface area contributed by atoms with Gasteiger partial charge in [0.1, 0.15) is 0 Å². The fourth-order valence-electron chi connectivity index (χ4n) is 3.62. The molecule has 2 atom stereocenters. The van der Waals surface area contributed by atoms with E-state index in [4.69, 9.17) is 0 Å². The summed E-state index contributed by atoms with van der Waals surface area (Å²) in [6, 6.07) is 14.0. The van der Waals surface area contributed by atoms with E-state index in [-0.39, 0.29) is 23.1 Å². The Morgan fingerprint density at radius 2 is 2.04 bits per heavy atom. The van der Waals surface area contributed by atoms with Crippen LogP contribution >= 0.6 is 11.8 Å². The van der Waals surface area contributed by atoms with E-state index in [0.717, 1.165) is 23.4 Å². The zero-order valence-electron chi connectivity index (χ0n) is 14.3. The van der Waals surface area contributed by atoms with Crippen molar-refractivity contribution in [2.24, 2.45) is 0 Å². The summed E-state index contributed by atoms with van der Waals surface area (Å²) < 4.78 is 0. The van der Waals surface area contributed by atoms with Crippen LogP contribution < -0.4 is 5.32 Å². The summed E-state index contributed by atoms with van der Waals surface area (Å²) >= 11 is 1.53. The Labute approximate surface area is 151 Å². The lowest BCUT2D eigenvalue weighted by Crippen LogP contribution is -2.31. The number of nitrogens with one attached hydrogen (secondary N) is 1. The minimum atomic E-state index is -0.105. The molecule has 4 rings (SSSR count). The lowest BCUT2D eigenvalue weighted by molar-refractivity contribution is -0.115. The molecular formula is C20H20N2O2S. The standard InChI is InChI=1S/C20H20N2O2S/c1-12-19(23)21-16-11-14(8-10-18(16)25-12)20(24)22(2)17-9-7-13-5-3-4-6-15(13)17/h3-6,8,10-12,17H,7,9H2,1-2H3,(H,21,23). The number of carbonyl (C=O) groups is 2. The van der Waals surface area contributed by atoms with Gasteiger partial charge in [0.15, 0.2) is 0 Å². The minimum Gasteiger partial charge on any atom is -0.335 e. The van der Waals surface area contributed by atoms with Crippen LogP contribution in [0.4, 0.5) is 5.69 Å². The summed E-state index contributed by atoms with van der Waals surface area (Å²) in [5, 5.41) is 2.79. The molecule has 2 amide bonds. The molecule has 0 aromatic heterocycles. The second kappa shape index (κ2) is 6.23. The summed E-state index contributed by atoms with van der Waals surface area (Å²) in [6.07, 6.45) is 1.96. The predicted octanol–water partition coefficient (Wildman–Crippen LogP) is 3.88. The molecule has 5 heteroatoms. The number of amides is 2. The molecule has 1 aliphatic carbocycles. The van der Waals surface area contributed by atoms with Crippen molar-refractivity contribution in [2.75, 3.05) is 12.4 Å². The maximum atomic E-state index is 13.0. The third-order valence-corrected chi connectivity index (χ3v) is 6.22. The first-order valence-corrected chi connectivity index (χ1v) is 9.39. The molecule has 1 heterocycles. The van der Waals surface area contributed by atoms with Crippen LogP contribution in [0.2, 0.25) is 0 Å². The highest BCUT2D eigenvalue weighted by atomic mass is 32.2. The van der Waals surface area contributed by atoms with E-state index in [1.807, 2.05) is 43.1 Å². The number of fused-ring (bicyclic) bond motifs is 2. The van der Waals surface area contributed by atoms with Crippen LogP contribution in [0.15, 0.2) is 47.4 Å². The van der Waals surface area contributed by atoms with Crippen LogP contribution in [-0.2, 0) is 11.2 Å². The summed E-state index contributed by atoms with van der Waals surface area (Å²) in [5.74, 6) is -0.0254. The first-order valence-electron chi connectivity index (χ1n) is 8.51. The number of hydrogen-bond acceptors (Lipinski definition) is 3. The van der Waals surface area contributed by atoms with E-state index in [0.29, 0.717) is 5.56 Å². The van der Waals surface area contributed by atoms with Gasteiger partial charge in [-0.3, -0.25) is 9.59 Å². The molecule has 2 aliphatic rings. The normalized spacial score (nSPS) is 21.3. The third-order valence-electron chi connectivity index (χ3n) is 5.05. The van der Waals surface area contributed by atoms with Gasteiger partial charge in [-0.25, -0.2) is 0 Å². The van der Waals surface area contributed by atoms with Gasteiger partial charge in [-0.2, -0.15) is 0 Å². The summed E-state index contributed by atoms with van der Waals surface area (Å²) in [6.45, 7) is 1.88. The Bertz CT molecular complexity index is 865. The van der Waals surface area contributed by atoms with E-state index < -0.39 is 0 Å². The molecule has 2 aromatic carbocycles. The molecule has 0 bridgehead atoms. The molecule has 2 aromatic rings. The zero-order valence-corrected chi connectivity index (χ0v) is 15.1. The number of aryl methyl sites for hydroxylation is 1. The van der Waals surface area contributed by atoms with Gasteiger partial charge in [0.25, 0.3) is 5.91 Å². The average Bonchev–Trinajstić information content (AvgIpc) is 3.05. The highest BCUT2D eigenvalue weighted by Gasteiger charge is 2.30. The van der Waals surface area contributed by atoms with Crippen molar-refractivity contribution in [3.05, 3.63) is 59.2 Å². The van der Waals surface area contributed by atoms with Crippen LogP contribution in [0.3, 0.4) is 0 Å². The van der Waals surface area contributed by atoms with Crippen molar-refractivity contribution in [3.63, 3.8) is 0 Å². The minimum absolute atomic E-state index is 0.0117. The van der Waals surface area contributed by atoms with Crippen molar-refractivity contribution >= 4 is 29.3 Å². The maximum absolute atomic E-state index is 13.0. The average molecular weight is 352 g/mol. The van der Waals surface area contributed by atoms with Crippen molar-refractivity contribution < 1.29 is 9.59 Å². The van der Waals surface area contributed by atoms with Gasteiger partial charge in [-0.1, -0.05) is 24.3 Å². The Morgan fingerprint density at radius 1 is 1.24 bits per heavy atom. The number of anilines is 1. The lowest BCUT2D eigenvalue weighted by atomic mass is 10.1. The first-order chi connectivity index (χ1) is 12.0. The van der Waals surface area contributed by atoms with E-state index in [2.05, 4.69) is 17.4 Å². The van der Waals surface area contributed by atoms with Gasteiger partial charge in [0.2, 0.25) is 5.91 Å². The number of carbonyl (C=O) groups excluding carboxylic acids is 2. The fraction of sp³-hybridized carbons (Fsp3) is 0.300. The number of benzene rings is 2. The van der Waals surface area contributed by atoms with E-state index in [1.54, 1.807) is 6.07 Å². The summed E-state index contributed by atoms with van der Waals surface area (Å²) in [7, 11) is 1.87. The molecule has 25 heavy (non-hydrogen) atoms. The van der Waals surface area contributed by atoms with Gasteiger partial charge in [0, 0.05) is 17.5 Å². The Hall–Kier alpha value is -2.27. The van der Waals surface area contributed by atoms with Crippen LogP contribution in [0.1, 0.15) is 40.9 Å². The van der Waals surface area contributed by atoms with E-state index >= 15 is 0 Å². The summed E-state index contributed by atoms with van der Waals surface area (Å²) in [5.41, 5.74) is 3.92. The van der Waals surface area contributed by atoms with Gasteiger partial charge in [0.05, 0.1) is 17.0 Å². The van der Waals surface area contributed by atoms with Crippen LogP contribution in [0, 0.1) is 0 Å². The molecular weight excluding hydrogens is 332 g/mol. The lowest BCUT2D eigenvalue weighted by Gasteiger charge is -2.27. The fourth-order valence-corrected chi connectivity index (χ4v) is 4.55. The quantitative estimate of drug-likeness (QED) is 0.892. The molecule has 0 saturated carbocycles. The number of rotatable bonds is 2. The predicted molar refractivity (Wildman–Crippen MR) is 100.0 cm³/mol. The van der Waals surface area contributed by atoms with Crippen molar-refractivity contribution in [1.82, 2.24) is 4.90 Å². The van der Waals surface area contributed by atoms with E-state index in [9.17, 15) is 9.59 Å². The van der Waals surface area contributed by atoms with Crippen molar-refractivity contribution in [3.8, 4) is 0 Å². The topological polar surface area (TPSA) is 49.4 Å². The Kier molecular flexibility index (Phi) is 4.04. The second-order valence-electron chi connectivity index (χ2n) is 6.63. The molecule has 0 radical (unpaired) electrons. The van der Waals surface area contributed by atoms with Crippen molar-refractivity contribution in [2.45, 2.75) is 36.0 Å². The molecule has 128 valence electrons. The van der Waals surface area contributed by atoms with Crippen LogP contribution in [0.5, 0.6) is 0 Å². The monoisotopic (exact) mass is 352 g/mol. The van der Waals surface area contributed by atoms with E-state index in [1.165, 1.54) is 22.9 Å². The maximum Gasteiger partial charge on any atom is 0.254 e. The van der Waals surface area contributed by atoms with Gasteiger partial charge < -0.3 is 10.2 Å². The molecule has 0 fully saturated rings. The number of thioether (sulfide) groups is 1. The van der Waals surface area contributed by atoms with Gasteiger partial charge in [-0.15, -0.1) is 11.8 Å². The highest BCUT2D eigenvalue weighted by Crippen LogP contribution is 2.38. The number of nitrogens with zero attached hydrogens (tertiary/aromatic N) is 1. The first kappa shape index (κ1) is 16.2. The molecule has 4 nitrogen and oxygen atoms in total. The SMILES string of the molecule is CC1Sc2ccc(C(=O)N(C)C3CCc4ccccc43)cc2NC1=O. The molecule has 0 spiro atoms. The van der Waals surface area contributed by atoms with Crippen LogP contribution in [0.25, 0.3) is 0 Å². The molecule has 2 unspecified atom stereocenters. The second-order valence-corrected chi connectivity index (χ2v) is 8.01. The molecule has 0 saturated heterocycles. The highest BCUT2D eigenvalue weighted by molar-refractivity contribution is 8.00. The van der Waals surface area contributed by atoms with Gasteiger partial charge in [-0.05, 0) is 49.1 Å². The van der Waals surface area contributed by atoms with Gasteiger partial charge >= 0.3 is 0 Å². The summed E-state index contributed by atoms with van der Waals surface area (Å²) in [4.78, 5) is 27.7. The number of hydrogen-bond donors (Lipinski definition) is 1. The van der Waals surface area contributed by atoms with Crippen LogP contribution in [-0.4, -0.2) is 29.0 Å². The smallest absolute Gasteiger partial charge is 0.254 e. The molecule has 1 N–H and O–H groups in total. The molecule has 1 aliphatic heterocycles. The van der Waals surface area contributed by atoms with Crippen molar-refractivity contribution in [1.29, 1.82) is 0 Å². The Morgan fingerprint density at radius 3 is 2.88 bits per heavy atom. The Balaban J connectivity index is 1.60. The largest absolute Gasteiger partial charge is 0.335 e. The zero-order chi connectivity index (χ0) is 17.6.